The minimum Gasteiger partial charge on any atom is -0.481 e. The highest BCUT2D eigenvalue weighted by Crippen LogP contribution is 2.15. The summed E-state index contributed by atoms with van der Waals surface area (Å²) in [5, 5.41) is 11.4. The molecule has 0 aliphatic heterocycles. The number of rotatable bonds is 18. The van der Waals surface area contributed by atoms with Gasteiger partial charge in [-0.3, -0.25) is 19.2 Å². The number of carboxylic acid groups (broad SMARTS) is 1. The van der Waals surface area contributed by atoms with E-state index in [4.69, 9.17) is 19.3 Å². The Labute approximate surface area is 231 Å². The lowest BCUT2D eigenvalue weighted by molar-refractivity contribution is -0.142. The van der Waals surface area contributed by atoms with Crippen molar-refractivity contribution in [3.05, 3.63) is 71.8 Å². The molecule has 0 heterocycles. The van der Waals surface area contributed by atoms with Crippen molar-refractivity contribution in [2.24, 2.45) is 5.92 Å². The Morgan fingerprint density at radius 2 is 1.35 bits per heavy atom. The van der Waals surface area contributed by atoms with Crippen LogP contribution in [0.15, 0.2) is 60.7 Å². The fourth-order valence-corrected chi connectivity index (χ4v) is 3.53. The zero-order chi connectivity index (χ0) is 29.2. The molecule has 0 bridgehead atoms. The predicted molar refractivity (Wildman–Crippen MR) is 141 cm³/mol. The molecule has 0 aliphatic carbocycles. The van der Waals surface area contributed by atoms with Crippen molar-refractivity contribution in [2.75, 3.05) is 26.4 Å². The third-order valence-electron chi connectivity index (χ3n) is 5.56. The van der Waals surface area contributed by atoms with Crippen LogP contribution >= 0.6 is 0 Å². The van der Waals surface area contributed by atoms with Crippen LogP contribution in [0.5, 0.6) is 0 Å². The number of ketones is 1. The maximum Gasteiger partial charge on any atom is 0.345 e. The van der Waals surface area contributed by atoms with Crippen LogP contribution in [-0.2, 0) is 33.4 Å². The summed E-state index contributed by atoms with van der Waals surface area (Å²) in [4.78, 5) is 72.2. The largest absolute Gasteiger partial charge is 0.481 e. The Morgan fingerprint density at radius 3 is 1.98 bits per heavy atom. The Morgan fingerprint density at radius 1 is 0.725 bits per heavy atom. The molecule has 0 radical (unpaired) electrons. The number of benzene rings is 2. The van der Waals surface area contributed by atoms with Gasteiger partial charge in [-0.25, -0.2) is 9.59 Å². The molecule has 11 nitrogen and oxygen atoms in total. The second-order valence-corrected chi connectivity index (χ2v) is 8.78. The molecule has 2 aromatic rings. The SMILES string of the molecule is O=C(O)CCCC(=O)CC(CC(=O)OC(=O)c1ccccc1)C(=O)NCCCOCCOC(=O)c1ccccc1. The molecular weight excluding hydrogens is 522 g/mol. The van der Waals surface area contributed by atoms with Crippen LogP contribution in [0.2, 0.25) is 0 Å². The lowest BCUT2D eigenvalue weighted by Gasteiger charge is -2.16. The van der Waals surface area contributed by atoms with Gasteiger partial charge >= 0.3 is 23.9 Å². The summed E-state index contributed by atoms with van der Waals surface area (Å²) in [6.45, 7) is 0.678. The maximum atomic E-state index is 12.7. The highest BCUT2D eigenvalue weighted by molar-refractivity contribution is 5.98. The smallest absolute Gasteiger partial charge is 0.345 e. The molecule has 40 heavy (non-hydrogen) atoms. The molecule has 2 N–H and O–H groups in total. The zero-order valence-electron chi connectivity index (χ0n) is 22.0. The third kappa shape index (κ3) is 12.9. The average molecular weight is 556 g/mol. The summed E-state index contributed by atoms with van der Waals surface area (Å²) in [6, 6.07) is 16.4. The van der Waals surface area contributed by atoms with Gasteiger partial charge in [0, 0.05) is 32.4 Å². The highest BCUT2D eigenvalue weighted by Gasteiger charge is 2.26. The van der Waals surface area contributed by atoms with Crippen LogP contribution in [0.1, 0.15) is 59.2 Å². The normalized spacial score (nSPS) is 11.2. The van der Waals surface area contributed by atoms with Crippen LogP contribution < -0.4 is 5.32 Å². The van der Waals surface area contributed by atoms with Crippen molar-refractivity contribution in [3.8, 4) is 0 Å². The first-order chi connectivity index (χ1) is 19.3. The van der Waals surface area contributed by atoms with Gasteiger partial charge in [0.1, 0.15) is 12.4 Å². The quantitative estimate of drug-likeness (QED) is 0.159. The van der Waals surface area contributed by atoms with Gasteiger partial charge in [-0.15, -0.1) is 0 Å². The van der Waals surface area contributed by atoms with E-state index in [0.29, 0.717) is 12.0 Å². The number of carbonyl (C=O) groups excluding carboxylic acids is 5. The Bertz CT molecular complexity index is 1130. The molecule has 0 aromatic heterocycles. The minimum absolute atomic E-state index is 0.0588. The number of carbonyl (C=O) groups is 6. The van der Waals surface area contributed by atoms with E-state index in [9.17, 15) is 28.8 Å². The number of esters is 3. The first-order valence-electron chi connectivity index (χ1n) is 12.9. The van der Waals surface area contributed by atoms with Crippen molar-refractivity contribution in [2.45, 2.75) is 38.5 Å². The third-order valence-corrected chi connectivity index (χ3v) is 5.56. The lowest BCUT2D eigenvalue weighted by atomic mass is 9.95. The molecule has 1 atom stereocenters. The lowest BCUT2D eigenvalue weighted by Crippen LogP contribution is -2.35. The van der Waals surface area contributed by atoms with Gasteiger partial charge in [-0.05, 0) is 37.1 Å². The van der Waals surface area contributed by atoms with Crippen molar-refractivity contribution in [1.82, 2.24) is 5.32 Å². The van der Waals surface area contributed by atoms with Crippen LogP contribution in [-0.4, -0.2) is 67.0 Å². The molecule has 2 aromatic carbocycles. The second kappa shape index (κ2) is 18.0. The van der Waals surface area contributed by atoms with Gasteiger partial charge in [0.25, 0.3) is 0 Å². The number of Topliss-reactive ketones (excluding diaryl/α,β-unsaturated/α-hetero) is 1. The van der Waals surface area contributed by atoms with Gasteiger partial charge in [0.2, 0.25) is 5.91 Å². The van der Waals surface area contributed by atoms with Gasteiger partial charge in [-0.2, -0.15) is 0 Å². The molecule has 1 unspecified atom stereocenters. The zero-order valence-corrected chi connectivity index (χ0v) is 22.0. The van der Waals surface area contributed by atoms with E-state index in [-0.39, 0.29) is 63.4 Å². The number of amides is 1. The molecule has 0 saturated heterocycles. The van der Waals surface area contributed by atoms with Crippen LogP contribution in [0.3, 0.4) is 0 Å². The van der Waals surface area contributed by atoms with Crippen molar-refractivity contribution < 1.29 is 48.1 Å². The summed E-state index contributed by atoms with van der Waals surface area (Å²) in [7, 11) is 0. The molecule has 0 aliphatic rings. The first-order valence-corrected chi connectivity index (χ1v) is 12.9. The van der Waals surface area contributed by atoms with Crippen molar-refractivity contribution in [1.29, 1.82) is 0 Å². The van der Waals surface area contributed by atoms with Gasteiger partial charge in [0.15, 0.2) is 0 Å². The summed E-state index contributed by atoms with van der Waals surface area (Å²) in [5.74, 6) is -5.37. The number of carboxylic acids is 1. The Hall–Kier alpha value is -4.38. The van der Waals surface area contributed by atoms with Gasteiger partial charge in [-0.1, -0.05) is 36.4 Å². The van der Waals surface area contributed by atoms with Gasteiger partial charge in [0.05, 0.1) is 30.1 Å². The molecule has 214 valence electrons. The van der Waals surface area contributed by atoms with E-state index in [1.54, 1.807) is 48.5 Å². The van der Waals surface area contributed by atoms with Crippen molar-refractivity contribution in [3.63, 3.8) is 0 Å². The second-order valence-electron chi connectivity index (χ2n) is 8.78. The van der Waals surface area contributed by atoms with E-state index in [2.05, 4.69) is 5.32 Å². The number of aliphatic carboxylic acids is 1. The van der Waals surface area contributed by atoms with E-state index in [1.165, 1.54) is 12.1 Å². The molecule has 0 saturated carbocycles. The molecule has 11 heteroatoms. The molecule has 0 spiro atoms. The molecule has 2 rings (SSSR count). The topological polar surface area (TPSA) is 162 Å². The first kappa shape index (κ1) is 31.8. The van der Waals surface area contributed by atoms with E-state index in [0.717, 1.165) is 0 Å². The monoisotopic (exact) mass is 555 g/mol. The summed E-state index contributed by atoms with van der Waals surface area (Å²) in [5.41, 5.74) is 0.602. The van der Waals surface area contributed by atoms with E-state index < -0.39 is 42.1 Å². The standard InChI is InChI=1S/C29H33NO10/c31-24(13-7-14-25(32)33)19-23(20-26(34)40-29(37)22-11-5-2-6-12-22)27(35)30-15-8-16-38-17-18-39-28(36)21-9-3-1-4-10-21/h1-6,9-12,23H,7-8,13-20H2,(H,30,35)(H,32,33). The number of nitrogens with one attached hydrogen (secondary N) is 1. The fraction of sp³-hybridized carbons (Fsp3) is 0.379. The molecule has 1 amide bonds. The number of hydrogen-bond donors (Lipinski definition) is 2. The summed E-state index contributed by atoms with van der Waals surface area (Å²) in [6.07, 6.45) is -0.536. The Balaban J connectivity index is 1.76. The minimum atomic E-state index is -1.09. The van der Waals surface area contributed by atoms with E-state index in [1.807, 2.05) is 0 Å². The summed E-state index contributed by atoms with van der Waals surface area (Å²) < 4.78 is 15.3. The molecule has 0 fully saturated rings. The Kier molecular flexibility index (Phi) is 14.3. The molecular formula is C29H33NO10. The highest BCUT2D eigenvalue weighted by atomic mass is 16.6. The van der Waals surface area contributed by atoms with E-state index >= 15 is 0 Å². The van der Waals surface area contributed by atoms with Crippen LogP contribution in [0.25, 0.3) is 0 Å². The number of hydrogen-bond acceptors (Lipinski definition) is 9. The summed E-state index contributed by atoms with van der Waals surface area (Å²) >= 11 is 0. The van der Waals surface area contributed by atoms with Crippen LogP contribution in [0.4, 0.5) is 0 Å². The van der Waals surface area contributed by atoms with Crippen molar-refractivity contribution >= 4 is 35.6 Å². The van der Waals surface area contributed by atoms with Crippen LogP contribution in [0, 0.1) is 5.92 Å². The fourth-order valence-electron chi connectivity index (χ4n) is 3.53. The average Bonchev–Trinajstić information content (AvgIpc) is 2.94. The predicted octanol–water partition coefficient (Wildman–Crippen LogP) is 2.97. The maximum absolute atomic E-state index is 12.7. The van der Waals surface area contributed by atoms with Gasteiger partial charge < -0.3 is 24.6 Å². The number of ether oxygens (including phenoxy) is 3.